The van der Waals surface area contributed by atoms with Crippen molar-refractivity contribution in [1.82, 2.24) is 14.5 Å². The number of nitrogens with two attached hydrogens (primary N) is 1. The third-order valence-corrected chi connectivity index (χ3v) is 7.65. The van der Waals surface area contributed by atoms with Crippen molar-refractivity contribution in [2.45, 2.75) is 53.0 Å². The molecule has 7 nitrogen and oxygen atoms in total. The van der Waals surface area contributed by atoms with Crippen LogP contribution in [0.1, 0.15) is 60.7 Å². The second kappa shape index (κ2) is 12.6. The standard InChI is InChI=1S/C29H38N4O3.H2S/c1-19(2)23-11-9-20(3)17-24(23)28(35)33-25-12-10-22(18-26(25)32(16-14-30)29(33)36)27(34)31-15-13-21-7-5-4-6-8-21;/h4-8,10,12,18-20,23-24H,9,11,13-17,30H2,1-3H3,(H,31,34);1H2/t20-,23+,24-;/m1./s1. The Morgan fingerprint density at radius 2 is 1.81 bits per heavy atom. The number of rotatable bonds is 8. The second-order valence-corrected chi connectivity index (χ2v) is 10.5. The fourth-order valence-corrected chi connectivity index (χ4v) is 5.67. The molecule has 8 heteroatoms. The fraction of sp³-hybridized carbons (Fsp3) is 0.483. The summed E-state index contributed by atoms with van der Waals surface area (Å²) < 4.78 is 2.87. The maximum atomic E-state index is 13.8. The smallest absolute Gasteiger partial charge is 0.336 e. The van der Waals surface area contributed by atoms with Gasteiger partial charge in [0.2, 0.25) is 5.91 Å². The second-order valence-electron chi connectivity index (χ2n) is 10.5. The molecule has 0 bridgehead atoms. The number of benzene rings is 2. The Hall–Kier alpha value is -2.84. The van der Waals surface area contributed by atoms with Gasteiger partial charge in [0.1, 0.15) is 0 Å². The maximum absolute atomic E-state index is 13.8. The number of imidazole rings is 1. The molecule has 200 valence electrons. The minimum Gasteiger partial charge on any atom is -0.352 e. The largest absolute Gasteiger partial charge is 0.352 e. The third-order valence-electron chi connectivity index (χ3n) is 7.65. The molecule has 1 heterocycles. The van der Waals surface area contributed by atoms with Gasteiger partial charge in [-0.15, -0.1) is 0 Å². The van der Waals surface area contributed by atoms with Crippen LogP contribution in [0.15, 0.2) is 53.3 Å². The molecule has 1 aliphatic carbocycles. The van der Waals surface area contributed by atoms with Gasteiger partial charge in [-0.1, -0.05) is 57.5 Å². The van der Waals surface area contributed by atoms with Gasteiger partial charge >= 0.3 is 5.69 Å². The maximum Gasteiger partial charge on any atom is 0.336 e. The van der Waals surface area contributed by atoms with Gasteiger partial charge in [0.15, 0.2) is 0 Å². The van der Waals surface area contributed by atoms with Gasteiger partial charge in [0.05, 0.1) is 11.0 Å². The van der Waals surface area contributed by atoms with Crippen molar-refractivity contribution in [3.8, 4) is 0 Å². The van der Waals surface area contributed by atoms with E-state index in [4.69, 9.17) is 5.73 Å². The van der Waals surface area contributed by atoms with Crippen molar-refractivity contribution < 1.29 is 9.59 Å². The van der Waals surface area contributed by atoms with Crippen LogP contribution in [0.3, 0.4) is 0 Å². The highest BCUT2D eigenvalue weighted by Crippen LogP contribution is 2.39. The van der Waals surface area contributed by atoms with E-state index in [-0.39, 0.29) is 55.9 Å². The van der Waals surface area contributed by atoms with Gasteiger partial charge < -0.3 is 11.1 Å². The Morgan fingerprint density at radius 1 is 1.08 bits per heavy atom. The number of amides is 1. The Kier molecular flexibility index (Phi) is 9.79. The van der Waals surface area contributed by atoms with Crippen molar-refractivity contribution in [3.63, 3.8) is 0 Å². The average molecular weight is 525 g/mol. The lowest BCUT2D eigenvalue weighted by Gasteiger charge is -2.36. The number of hydrogen-bond donors (Lipinski definition) is 2. The SMILES string of the molecule is CC(C)[C@@H]1CC[C@@H](C)C[C@H]1C(=O)n1c(=O)n(CCN)c2cc(C(=O)NCCc3ccccc3)ccc21.S. The van der Waals surface area contributed by atoms with Crippen LogP contribution in [0, 0.1) is 23.7 Å². The molecule has 0 saturated heterocycles. The number of nitrogens with zero attached hydrogens (tertiary/aromatic N) is 2. The van der Waals surface area contributed by atoms with E-state index in [0.29, 0.717) is 35.0 Å². The van der Waals surface area contributed by atoms with Crippen LogP contribution in [0.2, 0.25) is 0 Å². The molecule has 37 heavy (non-hydrogen) atoms. The molecule has 0 spiro atoms. The minimum atomic E-state index is -0.372. The van der Waals surface area contributed by atoms with Crippen LogP contribution in [-0.4, -0.2) is 34.0 Å². The van der Waals surface area contributed by atoms with E-state index in [1.807, 2.05) is 30.3 Å². The Bertz CT molecular complexity index is 1280. The summed E-state index contributed by atoms with van der Waals surface area (Å²) in [6.07, 6.45) is 3.63. The molecule has 1 fully saturated rings. The van der Waals surface area contributed by atoms with Crippen molar-refractivity contribution in [1.29, 1.82) is 0 Å². The van der Waals surface area contributed by atoms with Crippen LogP contribution in [0.4, 0.5) is 0 Å². The van der Waals surface area contributed by atoms with E-state index in [9.17, 15) is 14.4 Å². The van der Waals surface area contributed by atoms with Gasteiger partial charge in [-0.25, -0.2) is 9.36 Å². The number of aromatic nitrogens is 2. The van der Waals surface area contributed by atoms with Crippen molar-refractivity contribution >= 4 is 36.3 Å². The quantitative estimate of drug-likeness (QED) is 0.461. The van der Waals surface area contributed by atoms with Crippen LogP contribution < -0.4 is 16.7 Å². The lowest BCUT2D eigenvalue weighted by atomic mass is 9.69. The molecule has 1 amide bonds. The zero-order valence-electron chi connectivity index (χ0n) is 22.1. The lowest BCUT2D eigenvalue weighted by Crippen LogP contribution is -2.40. The van der Waals surface area contributed by atoms with E-state index in [0.717, 1.165) is 31.2 Å². The summed E-state index contributed by atoms with van der Waals surface area (Å²) in [5, 5.41) is 2.96. The lowest BCUT2D eigenvalue weighted by molar-refractivity contribution is 0.0633. The molecular weight excluding hydrogens is 484 g/mol. The molecule has 1 aliphatic rings. The third kappa shape index (κ3) is 6.18. The molecule has 4 rings (SSSR count). The van der Waals surface area contributed by atoms with Crippen LogP contribution in [0.25, 0.3) is 11.0 Å². The van der Waals surface area contributed by atoms with Crippen LogP contribution in [0.5, 0.6) is 0 Å². The zero-order chi connectivity index (χ0) is 25.8. The first-order valence-electron chi connectivity index (χ1n) is 13.1. The number of carbonyl (C=O) groups excluding carboxylic acids is 2. The monoisotopic (exact) mass is 524 g/mol. The predicted octanol–water partition coefficient (Wildman–Crippen LogP) is 4.20. The molecule has 0 unspecified atom stereocenters. The van der Waals surface area contributed by atoms with E-state index in [1.165, 1.54) is 9.13 Å². The molecule has 3 atom stereocenters. The average Bonchev–Trinajstić information content (AvgIpc) is 3.14. The topological polar surface area (TPSA) is 99.1 Å². The zero-order valence-corrected chi connectivity index (χ0v) is 23.1. The van der Waals surface area contributed by atoms with E-state index in [2.05, 4.69) is 26.1 Å². The number of hydrogen-bond acceptors (Lipinski definition) is 4. The first kappa shape index (κ1) is 28.7. The summed E-state index contributed by atoms with van der Waals surface area (Å²) in [7, 11) is 0. The number of fused-ring (bicyclic) bond motifs is 1. The molecule has 1 saturated carbocycles. The number of carbonyl (C=O) groups is 2. The Morgan fingerprint density at radius 3 is 2.49 bits per heavy atom. The highest BCUT2D eigenvalue weighted by molar-refractivity contribution is 7.59. The van der Waals surface area contributed by atoms with Crippen LogP contribution in [-0.2, 0) is 13.0 Å². The van der Waals surface area contributed by atoms with Gasteiger partial charge in [-0.2, -0.15) is 13.5 Å². The van der Waals surface area contributed by atoms with Crippen LogP contribution >= 0.6 is 13.5 Å². The molecule has 1 aromatic heterocycles. The predicted molar refractivity (Wildman–Crippen MR) is 154 cm³/mol. The molecule has 3 N–H and O–H groups in total. The Labute approximate surface area is 225 Å². The summed E-state index contributed by atoms with van der Waals surface area (Å²) in [6.45, 7) is 7.54. The molecular formula is C29H40N4O3S. The summed E-state index contributed by atoms with van der Waals surface area (Å²) >= 11 is 0. The molecule has 2 aromatic carbocycles. The van der Waals surface area contributed by atoms with E-state index in [1.54, 1.807) is 18.2 Å². The van der Waals surface area contributed by atoms with Gasteiger partial charge in [0, 0.05) is 31.1 Å². The number of nitrogens with one attached hydrogen (secondary N) is 1. The first-order valence-corrected chi connectivity index (χ1v) is 13.1. The molecule has 0 aliphatic heterocycles. The minimum absolute atomic E-state index is 0. The normalized spacial score (nSPS) is 19.5. The van der Waals surface area contributed by atoms with Crippen molar-refractivity contribution in [2.75, 3.05) is 13.1 Å². The van der Waals surface area contributed by atoms with Crippen molar-refractivity contribution in [3.05, 3.63) is 70.1 Å². The van der Waals surface area contributed by atoms with Gasteiger partial charge in [0.25, 0.3) is 5.91 Å². The van der Waals surface area contributed by atoms with Gasteiger partial charge in [-0.3, -0.25) is 14.2 Å². The first-order chi connectivity index (χ1) is 17.3. The van der Waals surface area contributed by atoms with E-state index >= 15 is 0 Å². The highest BCUT2D eigenvalue weighted by Gasteiger charge is 2.37. The molecule has 0 radical (unpaired) electrons. The fourth-order valence-electron chi connectivity index (χ4n) is 5.67. The Balaban J connectivity index is 0.00000380. The van der Waals surface area contributed by atoms with Gasteiger partial charge in [-0.05, 0) is 60.8 Å². The van der Waals surface area contributed by atoms with Crippen molar-refractivity contribution in [2.24, 2.45) is 29.4 Å². The summed E-state index contributed by atoms with van der Waals surface area (Å²) in [5.74, 6) is 0.539. The summed E-state index contributed by atoms with van der Waals surface area (Å²) in [5.41, 5.74) is 8.16. The summed E-state index contributed by atoms with van der Waals surface area (Å²) in [4.78, 5) is 40.2. The summed E-state index contributed by atoms with van der Waals surface area (Å²) in [6, 6.07) is 15.1. The molecule has 3 aromatic rings. The van der Waals surface area contributed by atoms with E-state index < -0.39 is 0 Å². The highest BCUT2D eigenvalue weighted by atomic mass is 32.1.